The van der Waals surface area contributed by atoms with Gasteiger partial charge >= 0.3 is 0 Å². The van der Waals surface area contributed by atoms with E-state index in [9.17, 15) is 9.90 Å². The molecule has 0 aliphatic heterocycles. The summed E-state index contributed by atoms with van der Waals surface area (Å²) in [6.07, 6.45) is 5.29. The van der Waals surface area contributed by atoms with Crippen molar-refractivity contribution in [2.24, 2.45) is 5.92 Å². The lowest BCUT2D eigenvalue weighted by Crippen LogP contribution is -2.43. The van der Waals surface area contributed by atoms with Crippen LogP contribution in [0.25, 0.3) is 0 Å². The topological polar surface area (TPSA) is 49.3 Å². The Bertz CT molecular complexity index is 441. The first-order valence-electron chi connectivity index (χ1n) is 7.16. The van der Waals surface area contributed by atoms with Crippen molar-refractivity contribution in [3.8, 4) is 0 Å². The summed E-state index contributed by atoms with van der Waals surface area (Å²) >= 11 is 1.59. The molecule has 3 nitrogen and oxygen atoms in total. The van der Waals surface area contributed by atoms with Crippen LogP contribution in [0.1, 0.15) is 52.7 Å². The lowest BCUT2D eigenvalue weighted by Gasteiger charge is -2.30. The first kappa shape index (κ1) is 14.5. The Kier molecular flexibility index (Phi) is 4.99. The quantitative estimate of drug-likeness (QED) is 0.891. The average Bonchev–Trinajstić information content (AvgIpc) is 2.80. The molecule has 0 radical (unpaired) electrons. The minimum Gasteiger partial charge on any atom is -0.396 e. The Morgan fingerprint density at radius 3 is 2.84 bits per heavy atom. The third-order valence-corrected chi connectivity index (χ3v) is 5.41. The molecule has 1 aliphatic carbocycles. The Hall–Kier alpha value is -0.870. The average molecular weight is 281 g/mol. The molecule has 1 fully saturated rings. The van der Waals surface area contributed by atoms with E-state index in [-0.39, 0.29) is 24.5 Å². The third kappa shape index (κ3) is 3.37. The number of aliphatic hydroxyl groups excluding tert-OH is 1. The zero-order chi connectivity index (χ0) is 13.8. The van der Waals surface area contributed by atoms with Crippen molar-refractivity contribution in [2.75, 3.05) is 6.61 Å². The number of carbonyl (C=O) groups is 1. The fourth-order valence-corrected chi connectivity index (χ4v) is 3.86. The van der Waals surface area contributed by atoms with E-state index in [0.717, 1.165) is 37.0 Å². The largest absolute Gasteiger partial charge is 0.396 e. The van der Waals surface area contributed by atoms with Gasteiger partial charge in [0.15, 0.2) is 0 Å². The van der Waals surface area contributed by atoms with Crippen molar-refractivity contribution in [1.29, 1.82) is 0 Å². The molecule has 19 heavy (non-hydrogen) atoms. The first-order valence-corrected chi connectivity index (χ1v) is 7.98. The van der Waals surface area contributed by atoms with Crippen molar-refractivity contribution in [3.63, 3.8) is 0 Å². The lowest BCUT2D eigenvalue weighted by atomic mass is 9.85. The summed E-state index contributed by atoms with van der Waals surface area (Å²) in [7, 11) is 0. The molecule has 0 spiro atoms. The number of nitrogens with one attached hydrogen (secondary N) is 1. The third-order valence-electron chi connectivity index (χ3n) is 4.03. The number of hydrogen-bond donors (Lipinski definition) is 2. The summed E-state index contributed by atoms with van der Waals surface area (Å²) in [6.45, 7) is 4.35. The van der Waals surface area contributed by atoms with Crippen molar-refractivity contribution < 1.29 is 9.90 Å². The summed E-state index contributed by atoms with van der Waals surface area (Å²) in [5, 5.41) is 12.5. The van der Waals surface area contributed by atoms with Gasteiger partial charge in [0.2, 0.25) is 0 Å². The molecule has 1 aromatic heterocycles. The fraction of sp³-hybridized carbons (Fsp3) is 0.667. The highest BCUT2D eigenvalue weighted by molar-refractivity contribution is 7.14. The smallest absolute Gasteiger partial charge is 0.261 e. The Labute approximate surface area is 119 Å². The molecule has 0 aromatic carbocycles. The predicted octanol–water partition coefficient (Wildman–Crippen LogP) is 2.90. The van der Waals surface area contributed by atoms with Gasteiger partial charge in [0.1, 0.15) is 0 Å². The molecular formula is C15H23NO2S. The number of thiophene rings is 1. The summed E-state index contributed by atoms with van der Waals surface area (Å²) < 4.78 is 0. The van der Waals surface area contributed by atoms with Gasteiger partial charge in [-0.1, -0.05) is 19.8 Å². The molecule has 2 N–H and O–H groups in total. The molecule has 106 valence electrons. The highest BCUT2D eigenvalue weighted by atomic mass is 32.1. The summed E-state index contributed by atoms with van der Waals surface area (Å²) in [5.74, 6) is 0.252. The molecular weight excluding hydrogens is 258 g/mol. The van der Waals surface area contributed by atoms with Crippen LogP contribution in [-0.4, -0.2) is 23.7 Å². The van der Waals surface area contributed by atoms with Crippen LogP contribution >= 0.6 is 11.3 Å². The number of amides is 1. The predicted molar refractivity (Wildman–Crippen MR) is 78.7 cm³/mol. The number of rotatable bonds is 4. The van der Waals surface area contributed by atoms with E-state index in [4.69, 9.17) is 0 Å². The first-order chi connectivity index (χ1) is 9.15. The molecule has 1 heterocycles. The Balaban J connectivity index is 2.03. The molecule has 1 amide bonds. The van der Waals surface area contributed by atoms with E-state index in [1.54, 1.807) is 11.3 Å². The van der Waals surface area contributed by atoms with Gasteiger partial charge in [-0.15, -0.1) is 11.3 Å². The van der Waals surface area contributed by atoms with Crippen LogP contribution in [0, 0.1) is 12.8 Å². The van der Waals surface area contributed by atoms with Gasteiger partial charge in [0, 0.05) is 23.4 Å². The van der Waals surface area contributed by atoms with Gasteiger partial charge in [0.25, 0.3) is 5.91 Å². The highest BCUT2D eigenvalue weighted by Gasteiger charge is 2.26. The van der Waals surface area contributed by atoms with E-state index in [1.807, 2.05) is 6.07 Å². The maximum absolute atomic E-state index is 12.3. The minimum atomic E-state index is 0.0261. The Morgan fingerprint density at radius 1 is 1.47 bits per heavy atom. The molecule has 1 saturated carbocycles. The molecule has 0 bridgehead atoms. The zero-order valence-corrected chi connectivity index (χ0v) is 12.6. The monoisotopic (exact) mass is 281 g/mol. The van der Waals surface area contributed by atoms with Crippen LogP contribution in [0.4, 0.5) is 0 Å². The number of aliphatic hydroxyl groups is 1. The molecule has 1 aromatic rings. The summed E-state index contributed by atoms with van der Waals surface area (Å²) in [6, 6.07) is 2.12. The molecule has 4 heteroatoms. The van der Waals surface area contributed by atoms with Crippen LogP contribution in [-0.2, 0) is 6.42 Å². The van der Waals surface area contributed by atoms with Crippen LogP contribution in [0.15, 0.2) is 6.07 Å². The summed E-state index contributed by atoms with van der Waals surface area (Å²) in [5.41, 5.74) is 1.21. The van der Waals surface area contributed by atoms with Gasteiger partial charge < -0.3 is 10.4 Å². The van der Waals surface area contributed by atoms with Gasteiger partial charge in [-0.25, -0.2) is 0 Å². The normalized spacial score (nSPS) is 23.3. The maximum Gasteiger partial charge on any atom is 0.261 e. The van der Waals surface area contributed by atoms with Crippen molar-refractivity contribution in [1.82, 2.24) is 5.32 Å². The number of carbonyl (C=O) groups excluding carboxylic acids is 1. The van der Waals surface area contributed by atoms with Crippen LogP contribution in [0.5, 0.6) is 0 Å². The highest BCUT2D eigenvalue weighted by Crippen LogP contribution is 2.26. The summed E-state index contributed by atoms with van der Waals surface area (Å²) in [4.78, 5) is 14.4. The standard InChI is InChI=1S/C15H23NO2S/c1-3-13-10(2)8-14(19-13)15(18)16-12-7-5-4-6-11(12)9-17/h8,11-12,17H,3-7,9H2,1-2H3,(H,16,18). The van der Waals surface area contributed by atoms with E-state index < -0.39 is 0 Å². The molecule has 2 rings (SSSR count). The van der Waals surface area contributed by atoms with E-state index in [1.165, 1.54) is 10.4 Å². The van der Waals surface area contributed by atoms with Crippen LogP contribution < -0.4 is 5.32 Å². The van der Waals surface area contributed by atoms with Gasteiger partial charge in [-0.05, 0) is 37.8 Å². The molecule has 2 atom stereocenters. The van der Waals surface area contributed by atoms with E-state index >= 15 is 0 Å². The molecule has 2 unspecified atom stereocenters. The van der Waals surface area contributed by atoms with Crippen molar-refractivity contribution in [3.05, 3.63) is 21.4 Å². The van der Waals surface area contributed by atoms with Crippen molar-refractivity contribution >= 4 is 17.2 Å². The minimum absolute atomic E-state index is 0.0261. The molecule has 0 saturated heterocycles. The Morgan fingerprint density at radius 2 is 2.21 bits per heavy atom. The van der Waals surface area contributed by atoms with Gasteiger partial charge in [-0.2, -0.15) is 0 Å². The van der Waals surface area contributed by atoms with Crippen LogP contribution in [0.3, 0.4) is 0 Å². The SMILES string of the molecule is CCc1sc(C(=O)NC2CCCCC2CO)cc1C. The second kappa shape index (κ2) is 6.53. The second-order valence-corrected chi connectivity index (χ2v) is 6.51. The maximum atomic E-state index is 12.3. The number of aryl methyl sites for hydroxylation is 2. The molecule has 1 aliphatic rings. The second-order valence-electron chi connectivity index (χ2n) is 5.38. The fourth-order valence-electron chi connectivity index (χ4n) is 2.84. The zero-order valence-electron chi connectivity index (χ0n) is 11.7. The van der Waals surface area contributed by atoms with Crippen molar-refractivity contribution in [2.45, 2.75) is 52.0 Å². The van der Waals surface area contributed by atoms with E-state index in [2.05, 4.69) is 19.2 Å². The van der Waals surface area contributed by atoms with Crippen LogP contribution in [0.2, 0.25) is 0 Å². The lowest BCUT2D eigenvalue weighted by molar-refractivity contribution is 0.0876. The van der Waals surface area contributed by atoms with E-state index in [0.29, 0.717) is 0 Å². The van der Waals surface area contributed by atoms with Gasteiger partial charge in [0.05, 0.1) is 4.88 Å². The number of hydrogen-bond acceptors (Lipinski definition) is 3. The van der Waals surface area contributed by atoms with Gasteiger partial charge in [-0.3, -0.25) is 4.79 Å².